The summed E-state index contributed by atoms with van der Waals surface area (Å²) in [7, 11) is 1.41. The molecule has 2 aromatic heterocycles. The Morgan fingerprint density at radius 2 is 2.14 bits per heavy atom. The second-order valence-electron chi connectivity index (χ2n) is 4.33. The zero-order chi connectivity index (χ0) is 15.4. The molecule has 0 radical (unpaired) electrons. The summed E-state index contributed by atoms with van der Waals surface area (Å²) in [5, 5.41) is 8.37. The van der Waals surface area contributed by atoms with Crippen LogP contribution in [0.1, 0.15) is 5.69 Å². The van der Waals surface area contributed by atoms with Crippen molar-refractivity contribution in [1.82, 2.24) is 15.2 Å². The van der Waals surface area contributed by atoms with Crippen LogP contribution in [-0.4, -0.2) is 22.3 Å². The van der Waals surface area contributed by atoms with Crippen LogP contribution in [0.5, 0.6) is 5.75 Å². The lowest BCUT2D eigenvalue weighted by atomic mass is 10.2. The number of methoxy groups -OCH3 is 1. The van der Waals surface area contributed by atoms with Gasteiger partial charge in [-0.2, -0.15) is 0 Å². The summed E-state index contributed by atoms with van der Waals surface area (Å²) >= 11 is 1.39. The van der Waals surface area contributed by atoms with Crippen molar-refractivity contribution in [2.24, 2.45) is 0 Å². The molecule has 0 saturated carbocycles. The van der Waals surface area contributed by atoms with E-state index in [1.165, 1.54) is 31.0 Å². The van der Waals surface area contributed by atoms with Gasteiger partial charge in [-0.25, -0.2) is 4.39 Å². The molecule has 22 heavy (non-hydrogen) atoms. The summed E-state index contributed by atoms with van der Waals surface area (Å²) in [6.45, 7) is 0. The fourth-order valence-corrected chi connectivity index (χ4v) is 2.48. The Bertz CT molecular complexity index is 764. The van der Waals surface area contributed by atoms with Gasteiger partial charge in [0.2, 0.25) is 5.89 Å². The van der Waals surface area contributed by atoms with Crippen molar-refractivity contribution in [3.8, 4) is 17.2 Å². The van der Waals surface area contributed by atoms with E-state index in [0.717, 1.165) is 5.69 Å². The molecule has 112 valence electrons. The van der Waals surface area contributed by atoms with E-state index in [0.29, 0.717) is 22.4 Å². The van der Waals surface area contributed by atoms with Crippen LogP contribution in [0.4, 0.5) is 4.39 Å². The van der Waals surface area contributed by atoms with Gasteiger partial charge in [0.25, 0.3) is 5.22 Å². The van der Waals surface area contributed by atoms with Crippen LogP contribution in [-0.2, 0) is 5.75 Å². The van der Waals surface area contributed by atoms with Gasteiger partial charge >= 0.3 is 0 Å². The molecule has 3 rings (SSSR count). The zero-order valence-corrected chi connectivity index (χ0v) is 12.5. The average molecular weight is 317 g/mol. The third-order valence-corrected chi connectivity index (χ3v) is 3.73. The van der Waals surface area contributed by atoms with Gasteiger partial charge < -0.3 is 9.15 Å². The number of aromatic nitrogens is 3. The molecular formula is C15H12FN3O2S. The van der Waals surface area contributed by atoms with Crippen molar-refractivity contribution in [2.75, 3.05) is 7.11 Å². The van der Waals surface area contributed by atoms with Crippen LogP contribution in [0, 0.1) is 5.82 Å². The quantitative estimate of drug-likeness (QED) is 0.670. The summed E-state index contributed by atoms with van der Waals surface area (Å²) < 4.78 is 23.9. The highest BCUT2D eigenvalue weighted by atomic mass is 32.2. The molecule has 0 fully saturated rings. The molecule has 0 aliphatic heterocycles. The molecule has 0 spiro atoms. The predicted molar refractivity (Wildman–Crippen MR) is 80.0 cm³/mol. The second kappa shape index (κ2) is 6.57. The van der Waals surface area contributed by atoms with E-state index in [4.69, 9.17) is 9.15 Å². The largest absolute Gasteiger partial charge is 0.494 e. The Morgan fingerprint density at radius 1 is 1.23 bits per heavy atom. The van der Waals surface area contributed by atoms with E-state index in [1.807, 2.05) is 18.2 Å². The van der Waals surface area contributed by atoms with Crippen LogP contribution in [0.15, 0.2) is 52.2 Å². The second-order valence-corrected chi connectivity index (χ2v) is 5.26. The van der Waals surface area contributed by atoms with Gasteiger partial charge in [0.05, 0.1) is 12.8 Å². The monoisotopic (exact) mass is 317 g/mol. The molecule has 0 atom stereocenters. The summed E-state index contributed by atoms with van der Waals surface area (Å²) in [5.41, 5.74) is 1.53. The number of halogens is 1. The number of hydrogen-bond donors (Lipinski definition) is 0. The predicted octanol–water partition coefficient (Wildman–Crippen LogP) is 3.57. The summed E-state index contributed by atoms with van der Waals surface area (Å²) in [6.07, 6.45) is 1.74. The number of hydrogen-bond acceptors (Lipinski definition) is 6. The highest BCUT2D eigenvalue weighted by Crippen LogP contribution is 2.28. The van der Waals surface area contributed by atoms with Crippen LogP contribution >= 0.6 is 11.8 Å². The lowest BCUT2D eigenvalue weighted by molar-refractivity contribution is 0.386. The Kier molecular flexibility index (Phi) is 4.34. The summed E-state index contributed by atoms with van der Waals surface area (Å²) in [4.78, 5) is 4.22. The van der Waals surface area contributed by atoms with Crippen molar-refractivity contribution < 1.29 is 13.5 Å². The fraction of sp³-hybridized carbons (Fsp3) is 0.133. The molecule has 7 heteroatoms. The highest BCUT2D eigenvalue weighted by molar-refractivity contribution is 7.98. The average Bonchev–Trinajstić information content (AvgIpc) is 3.03. The first-order valence-electron chi connectivity index (χ1n) is 6.46. The minimum absolute atomic E-state index is 0.137. The highest BCUT2D eigenvalue weighted by Gasteiger charge is 2.12. The molecule has 0 N–H and O–H groups in total. The number of benzene rings is 1. The molecule has 0 bridgehead atoms. The normalized spacial score (nSPS) is 10.6. The van der Waals surface area contributed by atoms with Gasteiger partial charge in [-0.15, -0.1) is 10.2 Å². The molecule has 0 aliphatic carbocycles. The molecular weight excluding hydrogens is 305 g/mol. The van der Waals surface area contributed by atoms with Crippen molar-refractivity contribution in [3.63, 3.8) is 0 Å². The molecule has 5 nitrogen and oxygen atoms in total. The number of rotatable bonds is 5. The minimum atomic E-state index is -0.435. The van der Waals surface area contributed by atoms with E-state index in [1.54, 1.807) is 12.3 Å². The Labute approximate surface area is 130 Å². The molecule has 0 aliphatic rings. The van der Waals surface area contributed by atoms with Gasteiger partial charge in [-0.3, -0.25) is 4.98 Å². The smallest absolute Gasteiger partial charge is 0.277 e. The first-order valence-corrected chi connectivity index (χ1v) is 7.45. The van der Waals surface area contributed by atoms with Gasteiger partial charge in [0, 0.05) is 17.5 Å². The molecule has 2 heterocycles. The third-order valence-electron chi connectivity index (χ3n) is 2.87. The van der Waals surface area contributed by atoms with Crippen molar-refractivity contribution >= 4 is 11.8 Å². The summed E-state index contributed by atoms with van der Waals surface area (Å²) in [5.74, 6) is 0.658. The maximum Gasteiger partial charge on any atom is 0.277 e. The minimum Gasteiger partial charge on any atom is -0.494 e. The lowest BCUT2D eigenvalue weighted by Crippen LogP contribution is -1.88. The lowest BCUT2D eigenvalue weighted by Gasteiger charge is -2.02. The van der Waals surface area contributed by atoms with Gasteiger partial charge in [-0.05, 0) is 30.3 Å². The van der Waals surface area contributed by atoms with E-state index in [-0.39, 0.29) is 5.75 Å². The Balaban J connectivity index is 1.73. The van der Waals surface area contributed by atoms with Gasteiger partial charge in [-0.1, -0.05) is 17.8 Å². The SMILES string of the molecule is COc1cc(-c2nnc(SCc3ccccn3)o2)ccc1F. The first-order chi connectivity index (χ1) is 10.8. The van der Waals surface area contributed by atoms with Crippen molar-refractivity contribution in [3.05, 3.63) is 54.1 Å². The number of nitrogens with zero attached hydrogens (tertiary/aromatic N) is 3. The molecule has 0 amide bonds. The van der Waals surface area contributed by atoms with Crippen LogP contribution in [0.25, 0.3) is 11.5 Å². The number of pyridine rings is 1. The first kappa shape index (κ1) is 14.5. The standard InChI is InChI=1S/C15H12FN3O2S/c1-20-13-8-10(5-6-12(13)16)14-18-19-15(21-14)22-9-11-4-2-3-7-17-11/h2-8H,9H2,1H3. The van der Waals surface area contributed by atoms with Gasteiger partial charge in [0.1, 0.15) is 0 Å². The topological polar surface area (TPSA) is 61.0 Å². The fourth-order valence-electron chi connectivity index (χ4n) is 1.80. The molecule has 3 aromatic rings. The maximum atomic E-state index is 13.4. The Hall–Kier alpha value is -2.41. The van der Waals surface area contributed by atoms with E-state index in [2.05, 4.69) is 15.2 Å². The van der Waals surface area contributed by atoms with Crippen molar-refractivity contribution in [2.45, 2.75) is 11.0 Å². The van der Waals surface area contributed by atoms with E-state index in [9.17, 15) is 4.39 Å². The number of ether oxygens (including phenoxy) is 1. The van der Waals surface area contributed by atoms with E-state index < -0.39 is 5.82 Å². The Morgan fingerprint density at radius 3 is 2.91 bits per heavy atom. The van der Waals surface area contributed by atoms with Crippen LogP contribution in [0.3, 0.4) is 0 Å². The van der Waals surface area contributed by atoms with Crippen LogP contribution in [0.2, 0.25) is 0 Å². The molecule has 0 saturated heterocycles. The number of thioether (sulfide) groups is 1. The zero-order valence-electron chi connectivity index (χ0n) is 11.7. The molecule has 0 unspecified atom stereocenters. The molecule has 1 aromatic carbocycles. The summed E-state index contributed by atoms with van der Waals surface area (Å²) in [6, 6.07) is 10.1. The maximum absolute atomic E-state index is 13.4. The van der Waals surface area contributed by atoms with Crippen LogP contribution < -0.4 is 4.74 Å². The van der Waals surface area contributed by atoms with Gasteiger partial charge in [0.15, 0.2) is 11.6 Å². The third kappa shape index (κ3) is 3.25. The van der Waals surface area contributed by atoms with Crippen molar-refractivity contribution in [1.29, 1.82) is 0 Å². The van der Waals surface area contributed by atoms with E-state index >= 15 is 0 Å².